The van der Waals surface area contributed by atoms with Crippen molar-refractivity contribution in [3.05, 3.63) is 12.4 Å². The van der Waals surface area contributed by atoms with Crippen molar-refractivity contribution < 1.29 is 4.74 Å². The van der Waals surface area contributed by atoms with E-state index in [1.807, 2.05) is 18.0 Å². The summed E-state index contributed by atoms with van der Waals surface area (Å²) in [5, 5.41) is 7.94. The molecule has 0 aliphatic carbocycles. The van der Waals surface area contributed by atoms with E-state index >= 15 is 0 Å². The molecule has 17 heavy (non-hydrogen) atoms. The van der Waals surface area contributed by atoms with Crippen LogP contribution in [0.2, 0.25) is 0 Å². The standard InChI is InChI=1S/C12H20N4O/c1-17-10-12-4-2-7-16(12)11(3-5-12)9-15-8-6-13-14-15/h6,8,11H,2-5,7,9-10H2,1H3/t11-,12-/m0/s1. The van der Waals surface area contributed by atoms with Gasteiger partial charge in [-0.25, -0.2) is 0 Å². The van der Waals surface area contributed by atoms with Crippen LogP contribution in [0, 0.1) is 0 Å². The Hall–Kier alpha value is -0.940. The summed E-state index contributed by atoms with van der Waals surface area (Å²) in [6.45, 7) is 3.05. The van der Waals surface area contributed by atoms with Crippen LogP contribution in [0.1, 0.15) is 25.7 Å². The third-order valence-corrected chi connectivity index (χ3v) is 4.32. The average molecular weight is 236 g/mol. The average Bonchev–Trinajstić information content (AvgIpc) is 2.98. The van der Waals surface area contributed by atoms with Gasteiger partial charge in [0.05, 0.1) is 19.3 Å². The molecule has 5 nitrogen and oxygen atoms in total. The minimum absolute atomic E-state index is 0.319. The number of ether oxygens (including phenoxy) is 1. The van der Waals surface area contributed by atoms with Crippen molar-refractivity contribution >= 4 is 0 Å². The van der Waals surface area contributed by atoms with Gasteiger partial charge in [-0.1, -0.05) is 5.21 Å². The highest BCUT2D eigenvalue weighted by Gasteiger charge is 2.49. The highest BCUT2D eigenvalue weighted by atomic mass is 16.5. The first-order valence-corrected chi connectivity index (χ1v) is 6.44. The lowest BCUT2D eigenvalue weighted by atomic mass is 9.95. The van der Waals surface area contributed by atoms with Crippen molar-refractivity contribution in [1.82, 2.24) is 19.9 Å². The molecule has 5 heteroatoms. The Kier molecular flexibility index (Phi) is 2.88. The number of nitrogens with zero attached hydrogens (tertiary/aromatic N) is 4. The second-order valence-corrected chi connectivity index (χ2v) is 5.27. The van der Waals surface area contributed by atoms with Crippen molar-refractivity contribution in [2.24, 2.45) is 0 Å². The van der Waals surface area contributed by atoms with Crippen LogP contribution < -0.4 is 0 Å². The first kappa shape index (κ1) is 11.2. The quantitative estimate of drug-likeness (QED) is 0.780. The van der Waals surface area contributed by atoms with E-state index in [-0.39, 0.29) is 0 Å². The van der Waals surface area contributed by atoms with Crippen molar-refractivity contribution in [2.45, 2.75) is 43.8 Å². The van der Waals surface area contributed by atoms with Gasteiger partial charge in [0.15, 0.2) is 0 Å². The van der Waals surface area contributed by atoms with Gasteiger partial charge in [0.25, 0.3) is 0 Å². The lowest BCUT2D eigenvalue weighted by Crippen LogP contribution is -2.46. The number of rotatable bonds is 4. The van der Waals surface area contributed by atoms with Crippen molar-refractivity contribution in [3.8, 4) is 0 Å². The maximum absolute atomic E-state index is 5.44. The SMILES string of the molecule is COC[C@@]12CCCN1[C@H](Cn1ccnn1)CC2. The molecule has 2 fully saturated rings. The lowest BCUT2D eigenvalue weighted by Gasteiger charge is -2.34. The Morgan fingerprint density at radius 3 is 3.18 bits per heavy atom. The molecule has 0 saturated carbocycles. The van der Waals surface area contributed by atoms with Gasteiger partial charge in [0.2, 0.25) is 0 Å². The molecule has 0 amide bonds. The maximum atomic E-state index is 5.44. The largest absolute Gasteiger partial charge is 0.383 e. The van der Waals surface area contributed by atoms with E-state index in [4.69, 9.17) is 4.74 Å². The Bertz CT molecular complexity index is 367. The number of methoxy groups -OCH3 is 1. The molecule has 2 saturated heterocycles. The maximum Gasteiger partial charge on any atom is 0.0692 e. The highest BCUT2D eigenvalue weighted by molar-refractivity contribution is 5.04. The molecule has 94 valence electrons. The van der Waals surface area contributed by atoms with E-state index in [1.54, 1.807) is 6.20 Å². The predicted molar refractivity (Wildman–Crippen MR) is 63.6 cm³/mol. The molecule has 2 atom stereocenters. The second-order valence-electron chi connectivity index (χ2n) is 5.27. The topological polar surface area (TPSA) is 43.2 Å². The summed E-state index contributed by atoms with van der Waals surface area (Å²) in [5.41, 5.74) is 0.319. The van der Waals surface area contributed by atoms with Crippen molar-refractivity contribution in [1.29, 1.82) is 0 Å². The zero-order valence-corrected chi connectivity index (χ0v) is 10.4. The van der Waals surface area contributed by atoms with Crippen LogP contribution in [-0.2, 0) is 11.3 Å². The van der Waals surface area contributed by atoms with Gasteiger partial charge in [0, 0.05) is 24.9 Å². The normalized spacial score (nSPS) is 33.1. The molecule has 3 rings (SSSR count). The zero-order chi connectivity index (χ0) is 11.7. The minimum Gasteiger partial charge on any atom is -0.383 e. The van der Waals surface area contributed by atoms with Gasteiger partial charge >= 0.3 is 0 Å². The Morgan fingerprint density at radius 2 is 2.41 bits per heavy atom. The van der Waals surface area contributed by atoms with Crippen LogP contribution in [0.25, 0.3) is 0 Å². The first-order valence-electron chi connectivity index (χ1n) is 6.44. The molecule has 0 unspecified atom stereocenters. The van der Waals surface area contributed by atoms with E-state index in [9.17, 15) is 0 Å². The van der Waals surface area contributed by atoms with Gasteiger partial charge in [0.1, 0.15) is 0 Å². The van der Waals surface area contributed by atoms with Crippen LogP contribution in [-0.4, -0.2) is 51.7 Å². The molecular formula is C12H20N4O. The summed E-state index contributed by atoms with van der Waals surface area (Å²) in [6, 6.07) is 0.606. The smallest absolute Gasteiger partial charge is 0.0692 e. The van der Waals surface area contributed by atoms with E-state index < -0.39 is 0 Å². The molecule has 0 bridgehead atoms. The third kappa shape index (κ3) is 1.87. The number of fused-ring (bicyclic) bond motifs is 1. The molecule has 0 spiro atoms. The van der Waals surface area contributed by atoms with E-state index in [0.29, 0.717) is 11.6 Å². The van der Waals surface area contributed by atoms with Gasteiger partial charge < -0.3 is 4.74 Å². The number of aromatic nitrogens is 3. The monoisotopic (exact) mass is 236 g/mol. The van der Waals surface area contributed by atoms with Crippen molar-refractivity contribution in [3.63, 3.8) is 0 Å². The van der Waals surface area contributed by atoms with Crippen LogP contribution in [0.5, 0.6) is 0 Å². The number of hydrogen-bond donors (Lipinski definition) is 0. The molecule has 1 aromatic rings. The van der Waals surface area contributed by atoms with Crippen LogP contribution >= 0.6 is 0 Å². The van der Waals surface area contributed by atoms with Crippen LogP contribution in [0.15, 0.2) is 12.4 Å². The fourth-order valence-corrected chi connectivity index (χ4v) is 3.62. The minimum atomic E-state index is 0.319. The fourth-order valence-electron chi connectivity index (χ4n) is 3.62. The first-order chi connectivity index (χ1) is 8.34. The predicted octanol–water partition coefficient (Wildman–Crippen LogP) is 0.921. The summed E-state index contributed by atoms with van der Waals surface area (Å²) in [4.78, 5) is 2.65. The Balaban J connectivity index is 1.72. The van der Waals surface area contributed by atoms with E-state index in [0.717, 1.165) is 13.2 Å². The fraction of sp³-hybridized carbons (Fsp3) is 0.833. The van der Waals surface area contributed by atoms with E-state index in [2.05, 4.69) is 15.2 Å². The summed E-state index contributed by atoms with van der Waals surface area (Å²) in [7, 11) is 1.82. The molecular weight excluding hydrogens is 216 g/mol. The summed E-state index contributed by atoms with van der Waals surface area (Å²) in [6.07, 6.45) is 8.81. The second kappa shape index (κ2) is 4.38. The van der Waals surface area contributed by atoms with Gasteiger partial charge in [-0.05, 0) is 32.2 Å². The molecule has 1 aromatic heterocycles. The highest BCUT2D eigenvalue weighted by Crippen LogP contribution is 2.42. The Labute approximate surface area is 102 Å². The van der Waals surface area contributed by atoms with Crippen molar-refractivity contribution in [2.75, 3.05) is 20.3 Å². The van der Waals surface area contributed by atoms with Crippen LogP contribution in [0.3, 0.4) is 0 Å². The summed E-state index contributed by atoms with van der Waals surface area (Å²) >= 11 is 0. The Morgan fingerprint density at radius 1 is 1.47 bits per heavy atom. The van der Waals surface area contributed by atoms with Crippen LogP contribution in [0.4, 0.5) is 0 Å². The van der Waals surface area contributed by atoms with Gasteiger partial charge in [-0.2, -0.15) is 0 Å². The lowest BCUT2D eigenvalue weighted by molar-refractivity contribution is 0.0460. The molecule has 0 radical (unpaired) electrons. The van der Waals surface area contributed by atoms with Gasteiger partial charge in [-0.3, -0.25) is 9.58 Å². The summed E-state index contributed by atoms with van der Waals surface area (Å²) in [5.74, 6) is 0. The van der Waals surface area contributed by atoms with E-state index in [1.165, 1.54) is 32.2 Å². The molecule has 0 N–H and O–H groups in total. The number of hydrogen-bond acceptors (Lipinski definition) is 4. The molecule has 3 heterocycles. The third-order valence-electron chi connectivity index (χ3n) is 4.32. The molecule has 2 aliphatic rings. The molecule has 2 aliphatic heterocycles. The zero-order valence-electron chi connectivity index (χ0n) is 10.4. The summed E-state index contributed by atoms with van der Waals surface area (Å²) < 4.78 is 7.39. The molecule has 0 aromatic carbocycles. The van der Waals surface area contributed by atoms with Gasteiger partial charge in [-0.15, -0.1) is 5.10 Å².